The summed E-state index contributed by atoms with van der Waals surface area (Å²) < 4.78 is 1.88. The molecule has 6 heteroatoms. The Balaban J connectivity index is 1.53. The molecule has 0 saturated carbocycles. The molecule has 3 rings (SSSR count). The van der Waals surface area contributed by atoms with Gasteiger partial charge in [-0.15, -0.1) is 0 Å². The van der Waals surface area contributed by atoms with Gasteiger partial charge in [-0.2, -0.15) is 10.2 Å². The van der Waals surface area contributed by atoms with Gasteiger partial charge >= 0.3 is 0 Å². The fourth-order valence-electron chi connectivity index (χ4n) is 3.26. The van der Waals surface area contributed by atoms with Crippen LogP contribution < -0.4 is 5.32 Å². The molecular formula is C16H23N5O. The summed E-state index contributed by atoms with van der Waals surface area (Å²) in [5.41, 5.74) is 5.81. The Kier molecular flexibility index (Phi) is 4.00. The van der Waals surface area contributed by atoms with E-state index in [1.807, 2.05) is 24.9 Å². The number of carbonyl (C=O) groups excluding carboxylic acids is 1. The Labute approximate surface area is 130 Å². The highest BCUT2D eigenvalue weighted by Crippen LogP contribution is 2.19. The number of aryl methyl sites for hydroxylation is 3. The second-order valence-corrected chi connectivity index (χ2v) is 6.15. The lowest BCUT2D eigenvalue weighted by atomic mass is 9.93. The van der Waals surface area contributed by atoms with Crippen molar-refractivity contribution in [3.05, 3.63) is 34.4 Å². The molecular weight excluding hydrogens is 278 g/mol. The second kappa shape index (κ2) is 5.94. The highest BCUT2D eigenvalue weighted by molar-refractivity contribution is 5.76. The molecule has 0 spiro atoms. The van der Waals surface area contributed by atoms with Crippen LogP contribution in [0.1, 0.15) is 41.1 Å². The standard InChI is InChI=1S/C16H23N5O/c1-10-14(11(2)21(3)20-10)5-7-16(22)18-13-4-6-15-12(8-13)9-17-19-15/h9,13H,4-8H2,1-3H3,(H,17,19)(H,18,22). The number of aromatic nitrogens is 4. The van der Waals surface area contributed by atoms with E-state index in [-0.39, 0.29) is 11.9 Å². The van der Waals surface area contributed by atoms with E-state index in [2.05, 4.69) is 27.5 Å². The van der Waals surface area contributed by atoms with Gasteiger partial charge in [0.05, 0.1) is 11.9 Å². The van der Waals surface area contributed by atoms with Gasteiger partial charge in [0.25, 0.3) is 0 Å². The lowest BCUT2D eigenvalue weighted by Crippen LogP contribution is -2.38. The summed E-state index contributed by atoms with van der Waals surface area (Å²) in [6.07, 6.45) is 5.95. The van der Waals surface area contributed by atoms with E-state index < -0.39 is 0 Å². The van der Waals surface area contributed by atoms with Gasteiger partial charge in [-0.3, -0.25) is 14.6 Å². The number of hydrogen-bond acceptors (Lipinski definition) is 3. The number of hydrogen-bond donors (Lipinski definition) is 2. The normalized spacial score (nSPS) is 17.3. The first kappa shape index (κ1) is 14.8. The van der Waals surface area contributed by atoms with Crippen LogP contribution >= 0.6 is 0 Å². The molecule has 0 aliphatic heterocycles. The van der Waals surface area contributed by atoms with Gasteiger partial charge in [-0.05, 0) is 50.7 Å². The fourth-order valence-corrected chi connectivity index (χ4v) is 3.26. The number of carbonyl (C=O) groups is 1. The van der Waals surface area contributed by atoms with Crippen LogP contribution in [0.5, 0.6) is 0 Å². The van der Waals surface area contributed by atoms with Crippen molar-refractivity contribution in [2.45, 2.75) is 52.0 Å². The fraction of sp³-hybridized carbons (Fsp3) is 0.562. The van der Waals surface area contributed by atoms with E-state index in [1.54, 1.807) is 0 Å². The zero-order valence-corrected chi connectivity index (χ0v) is 13.4. The smallest absolute Gasteiger partial charge is 0.220 e. The maximum Gasteiger partial charge on any atom is 0.220 e. The third-order valence-corrected chi connectivity index (χ3v) is 4.64. The van der Waals surface area contributed by atoms with Crippen molar-refractivity contribution < 1.29 is 4.79 Å². The molecule has 0 aromatic carbocycles. The van der Waals surface area contributed by atoms with Gasteiger partial charge in [0.1, 0.15) is 0 Å². The number of rotatable bonds is 4. The first-order chi connectivity index (χ1) is 10.5. The van der Waals surface area contributed by atoms with Gasteiger partial charge in [0, 0.05) is 30.9 Å². The molecule has 2 aromatic rings. The summed E-state index contributed by atoms with van der Waals surface area (Å²) in [6.45, 7) is 4.05. The summed E-state index contributed by atoms with van der Waals surface area (Å²) in [6, 6.07) is 0.230. The minimum absolute atomic E-state index is 0.125. The molecule has 0 bridgehead atoms. The largest absolute Gasteiger partial charge is 0.353 e. The Morgan fingerprint density at radius 1 is 1.50 bits per heavy atom. The molecule has 0 fully saturated rings. The molecule has 0 radical (unpaired) electrons. The number of fused-ring (bicyclic) bond motifs is 1. The maximum atomic E-state index is 12.2. The zero-order valence-electron chi connectivity index (χ0n) is 13.4. The van der Waals surface area contributed by atoms with E-state index in [4.69, 9.17) is 0 Å². The molecule has 0 saturated heterocycles. The van der Waals surface area contributed by atoms with Crippen molar-refractivity contribution in [1.29, 1.82) is 0 Å². The van der Waals surface area contributed by atoms with Crippen LogP contribution in [-0.2, 0) is 31.1 Å². The predicted octanol–water partition coefficient (Wildman–Crippen LogP) is 1.37. The van der Waals surface area contributed by atoms with Gasteiger partial charge in [0.15, 0.2) is 0 Å². The number of nitrogens with one attached hydrogen (secondary N) is 2. The maximum absolute atomic E-state index is 12.2. The molecule has 1 aliphatic rings. The van der Waals surface area contributed by atoms with Crippen molar-refractivity contribution in [3.63, 3.8) is 0 Å². The molecule has 6 nitrogen and oxygen atoms in total. The van der Waals surface area contributed by atoms with Crippen LogP contribution in [0.25, 0.3) is 0 Å². The lowest BCUT2D eigenvalue weighted by molar-refractivity contribution is -0.121. The van der Waals surface area contributed by atoms with Crippen molar-refractivity contribution in [1.82, 2.24) is 25.3 Å². The average molecular weight is 301 g/mol. The zero-order chi connectivity index (χ0) is 15.7. The van der Waals surface area contributed by atoms with E-state index in [0.29, 0.717) is 6.42 Å². The molecule has 22 heavy (non-hydrogen) atoms. The van der Waals surface area contributed by atoms with Gasteiger partial charge < -0.3 is 5.32 Å². The topological polar surface area (TPSA) is 75.6 Å². The highest BCUT2D eigenvalue weighted by atomic mass is 16.1. The van der Waals surface area contributed by atoms with E-state index in [0.717, 1.165) is 37.1 Å². The van der Waals surface area contributed by atoms with Gasteiger partial charge in [-0.1, -0.05) is 0 Å². The number of H-pyrrole nitrogens is 1. The molecule has 1 amide bonds. The Bertz CT molecular complexity index is 685. The summed E-state index contributed by atoms with van der Waals surface area (Å²) in [7, 11) is 1.94. The monoisotopic (exact) mass is 301 g/mol. The van der Waals surface area contributed by atoms with Crippen molar-refractivity contribution in [2.75, 3.05) is 0 Å². The molecule has 2 aromatic heterocycles. The van der Waals surface area contributed by atoms with Gasteiger partial charge in [-0.25, -0.2) is 0 Å². The van der Waals surface area contributed by atoms with E-state index in [9.17, 15) is 4.79 Å². The van der Waals surface area contributed by atoms with Crippen molar-refractivity contribution in [3.8, 4) is 0 Å². The van der Waals surface area contributed by atoms with Crippen molar-refractivity contribution >= 4 is 5.91 Å². The van der Waals surface area contributed by atoms with Crippen LogP contribution in [-0.4, -0.2) is 31.9 Å². The van der Waals surface area contributed by atoms with Crippen LogP contribution in [0.2, 0.25) is 0 Å². The third kappa shape index (κ3) is 2.91. The minimum atomic E-state index is 0.125. The summed E-state index contributed by atoms with van der Waals surface area (Å²) in [5.74, 6) is 0.125. The number of aromatic amines is 1. The molecule has 1 aliphatic carbocycles. The number of nitrogens with zero attached hydrogens (tertiary/aromatic N) is 3. The average Bonchev–Trinajstić information content (AvgIpc) is 3.02. The van der Waals surface area contributed by atoms with E-state index >= 15 is 0 Å². The van der Waals surface area contributed by atoms with Crippen LogP contribution in [0.3, 0.4) is 0 Å². The third-order valence-electron chi connectivity index (χ3n) is 4.64. The van der Waals surface area contributed by atoms with Crippen LogP contribution in [0.4, 0.5) is 0 Å². The van der Waals surface area contributed by atoms with E-state index in [1.165, 1.54) is 16.8 Å². The second-order valence-electron chi connectivity index (χ2n) is 6.15. The summed E-state index contributed by atoms with van der Waals surface area (Å²) in [4.78, 5) is 12.2. The predicted molar refractivity (Wildman–Crippen MR) is 83.5 cm³/mol. The minimum Gasteiger partial charge on any atom is -0.353 e. The summed E-state index contributed by atoms with van der Waals surface area (Å²) >= 11 is 0. The first-order valence-corrected chi connectivity index (χ1v) is 7.84. The molecule has 118 valence electrons. The van der Waals surface area contributed by atoms with Crippen LogP contribution in [0, 0.1) is 13.8 Å². The number of amides is 1. The molecule has 1 atom stereocenters. The SMILES string of the molecule is Cc1nn(C)c(C)c1CCC(=O)NC1CCc2[nH]ncc2C1. The lowest BCUT2D eigenvalue weighted by Gasteiger charge is -2.22. The molecule has 2 N–H and O–H groups in total. The van der Waals surface area contributed by atoms with Crippen molar-refractivity contribution in [2.24, 2.45) is 7.05 Å². The Morgan fingerprint density at radius 2 is 2.32 bits per heavy atom. The summed E-state index contributed by atoms with van der Waals surface area (Å²) in [5, 5.41) is 14.6. The first-order valence-electron chi connectivity index (χ1n) is 7.84. The molecule has 2 heterocycles. The van der Waals surface area contributed by atoms with Crippen LogP contribution in [0.15, 0.2) is 6.20 Å². The van der Waals surface area contributed by atoms with Gasteiger partial charge in [0.2, 0.25) is 5.91 Å². The quantitative estimate of drug-likeness (QED) is 0.895. The Morgan fingerprint density at radius 3 is 3.05 bits per heavy atom. The molecule has 1 unspecified atom stereocenters. The Hall–Kier alpha value is -2.11. The highest BCUT2D eigenvalue weighted by Gasteiger charge is 2.21.